The summed E-state index contributed by atoms with van der Waals surface area (Å²) in [5.41, 5.74) is 2.06. The SMILES string of the molecule is O=[N+]([O-])NN1CCOCC1. The average Bonchev–Trinajstić information content (AvgIpc) is 1.88. The molecule has 1 saturated heterocycles. The first-order chi connectivity index (χ1) is 4.79. The second-order valence-corrected chi connectivity index (χ2v) is 1.96. The summed E-state index contributed by atoms with van der Waals surface area (Å²) in [6.07, 6.45) is 0. The Morgan fingerprint density at radius 3 is 2.60 bits per heavy atom. The largest absolute Gasteiger partial charge is 0.379 e. The molecule has 10 heavy (non-hydrogen) atoms. The summed E-state index contributed by atoms with van der Waals surface area (Å²) < 4.78 is 4.98. The summed E-state index contributed by atoms with van der Waals surface area (Å²) in [6, 6.07) is 0. The molecule has 6 nitrogen and oxygen atoms in total. The molecule has 6 heteroatoms. The third-order valence-corrected chi connectivity index (χ3v) is 1.23. The Labute approximate surface area is 57.8 Å². The number of ether oxygens (including phenoxy) is 1. The molecule has 1 aliphatic heterocycles. The molecule has 0 bridgehead atoms. The molecule has 58 valence electrons. The van der Waals surface area contributed by atoms with E-state index < -0.39 is 5.03 Å². The van der Waals surface area contributed by atoms with Crippen LogP contribution in [0.3, 0.4) is 0 Å². The van der Waals surface area contributed by atoms with Gasteiger partial charge in [0.25, 0.3) is 0 Å². The summed E-state index contributed by atoms with van der Waals surface area (Å²) in [5.74, 6) is 0. The van der Waals surface area contributed by atoms with E-state index >= 15 is 0 Å². The number of hydrazine groups is 2. The standard InChI is InChI=1S/C4H9N3O3/c8-7(9)5-6-1-3-10-4-2-6/h5H,1-4H2. The van der Waals surface area contributed by atoms with Gasteiger partial charge in [-0.05, 0) is 0 Å². The second-order valence-electron chi connectivity index (χ2n) is 1.96. The highest BCUT2D eigenvalue weighted by atomic mass is 16.7. The van der Waals surface area contributed by atoms with Crippen molar-refractivity contribution in [2.75, 3.05) is 26.3 Å². The molecule has 0 aromatic rings. The predicted octanol–water partition coefficient (Wildman–Crippen LogP) is -0.985. The maximum atomic E-state index is 9.88. The van der Waals surface area contributed by atoms with Crippen LogP contribution in [0.2, 0.25) is 0 Å². The van der Waals surface area contributed by atoms with E-state index in [2.05, 4.69) is 5.53 Å². The molecule has 0 saturated carbocycles. The molecular formula is C4H9N3O3. The van der Waals surface area contributed by atoms with Crippen molar-refractivity contribution in [2.24, 2.45) is 0 Å². The summed E-state index contributed by atoms with van der Waals surface area (Å²) >= 11 is 0. The molecule has 0 amide bonds. The van der Waals surface area contributed by atoms with E-state index in [0.717, 1.165) is 0 Å². The molecular weight excluding hydrogens is 138 g/mol. The monoisotopic (exact) mass is 147 g/mol. The van der Waals surface area contributed by atoms with Gasteiger partial charge in [-0.25, -0.2) is 10.1 Å². The first kappa shape index (κ1) is 7.23. The third kappa shape index (κ3) is 2.16. The molecule has 0 aromatic carbocycles. The molecule has 1 heterocycles. The smallest absolute Gasteiger partial charge is 0.173 e. The minimum Gasteiger partial charge on any atom is -0.379 e. The van der Waals surface area contributed by atoms with Crippen LogP contribution in [0.1, 0.15) is 0 Å². The molecule has 1 N–H and O–H groups in total. The molecule has 0 spiro atoms. The van der Waals surface area contributed by atoms with Gasteiger partial charge in [0.05, 0.1) is 13.2 Å². The fourth-order valence-corrected chi connectivity index (χ4v) is 0.779. The van der Waals surface area contributed by atoms with Crippen molar-refractivity contribution in [2.45, 2.75) is 0 Å². The van der Waals surface area contributed by atoms with Gasteiger partial charge >= 0.3 is 0 Å². The summed E-state index contributed by atoms with van der Waals surface area (Å²) in [5, 5.41) is 10.8. The van der Waals surface area contributed by atoms with Gasteiger partial charge in [-0.15, -0.1) is 0 Å². The highest BCUT2D eigenvalue weighted by Crippen LogP contribution is 1.90. The Morgan fingerprint density at radius 2 is 2.10 bits per heavy atom. The highest BCUT2D eigenvalue weighted by Gasteiger charge is 2.12. The molecule has 0 radical (unpaired) electrons. The Morgan fingerprint density at radius 1 is 1.50 bits per heavy atom. The number of hydrogen-bond acceptors (Lipinski definition) is 4. The lowest BCUT2D eigenvalue weighted by atomic mass is 10.5. The van der Waals surface area contributed by atoms with E-state index in [1.54, 1.807) is 0 Å². The summed E-state index contributed by atoms with van der Waals surface area (Å²) in [6.45, 7) is 2.25. The van der Waals surface area contributed by atoms with Gasteiger partial charge in [-0.2, -0.15) is 5.01 Å². The van der Waals surface area contributed by atoms with Gasteiger partial charge in [0.1, 0.15) is 0 Å². The second kappa shape index (κ2) is 3.33. The van der Waals surface area contributed by atoms with Crippen LogP contribution in [0.4, 0.5) is 0 Å². The topological polar surface area (TPSA) is 67.6 Å². The summed E-state index contributed by atoms with van der Waals surface area (Å²) in [7, 11) is 0. The summed E-state index contributed by atoms with van der Waals surface area (Å²) in [4.78, 5) is 9.88. The van der Waals surface area contributed by atoms with Crippen LogP contribution in [-0.4, -0.2) is 36.3 Å². The zero-order valence-corrected chi connectivity index (χ0v) is 5.45. The Bertz CT molecular complexity index is 123. The Hall–Kier alpha value is -0.880. The fourth-order valence-electron chi connectivity index (χ4n) is 0.779. The van der Waals surface area contributed by atoms with E-state index in [1.807, 2.05) is 0 Å². The van der Waals surface area contributed by atoms with Crippen molar-refractivity contribution in [3.63, 3.8) is 0 Å². The number of hydrogen-bond donors (Lipinski definition) is 1. The van der Waals surface area contributed by atoms with E-state index in [9.17, 15) is 10.1 Å². The minimum absolute atomic E-state index is 0.556. The van der Waals surface area contributed by atoms with Crippen LogP contribution in [0.25, 0.3) is 0 Å². The number of nitrogens with zero attached hydrogens (tertiary/aromatic N) is 2. The maximum Gasteiger partial charge on any atom is 0.173 e. The van der Waals surface area contributed by atoms with Gasteiger partial charge < -0.3 is 4.74 Å². The van der Waals surface area contributed by atoms with Crippen molar-refractivity contribution >= 4 is 0 Å². The molecule has 1 aliphatic rings. The quantitative estimate of drug-likeness (QED) is 0.401. The van der Waals surface area contributed by atoms with Crippen molar-refractivity contribution in [1.82, 2.24) is 10.5 Å². The van der Waals surface area contributed by atoms with Crippen molar-refractivity contribution in [3.8, 4) is 0 Å². The molecule has 0 atom stereocenters. The molecule has 0 aromatic heterocycles. The number of rotatable bonds is 2. The predicted molar refractivity (Wildman–Crippen MR) is 32.5 cm³/mol. The van der Waals surface area contributed by atoms with Gasteiger partial charge in [-0.1, -0.05) is 5.53 Å². The molecule has 1 fully saturated rings. The minimum atomic E-state index is -0.564. The van der Waals surface area contributed by atoms with Crippen LogP contribution in [-0.2, 0) is 4.74 Å². The van der Waals surface area contributed by atoms with Gasteiger partial charge in [0.2, 0.25) is 0 Å². The number of morpholine rings is 1. The lowest BCUT2D eigenvalue weighted by molar-refractivity contribution is -0.579. The van der Waals surface area contributed by atoms with Crippen LogP contribution in [0.5, 0.6) is 0 Å². The van der Waals surface area contributed by atoms with Crippen LogP contribution >= 0.6 is 0 Å². The van der Waals surface area contributed by atoms with Crippen molar-refractivity contribution < 1.29 is 9.77 Å². The highest BCUT2D eigenvalue weighted by molar-refractivity contribution is 4.52. The van der Waals surface area contributed by atoms with E-state index in [0.29, 0.717) is 26.3 Å². The van der Waals surface area contributed by atoms with E-state index in [4.69, 9.17) is 4.74 Å². The first-order valence-electron chi connectivity index (χ1n) is 3.02. The normalized spacial score (nSPS) is 20.4. The zero-order chi connectivity index (χ0) is 7.40. The average molecular weight is 147 g/mol. The van der Waals surface area contributed by atoms with Gasteiger partial charge in [0, 0.05) is 13.1 Å². The van der Waals surface area contributed by atoms with Crippen molar-refractivity contribution in [3.05, 3.63) is 10.1 Å². The van der Waals surface area contributed by atoms with Crippen LogP contribution in [0, 0.1) is 10.1 Å². The third-order valence-electron chi connectivity index (χ3n) is 1.23. The lowest BCUT2D eigenvalue weighted by Gasteiger charge is -2.22. The molecule has 1 rings (SSSR count). The maximum absolute atomic E-state index is 9.88. The van der Waals surface area contributed by atoms with Gasteiger partial charge in [0.15, 0.2) is 5.03 Å². The molecule has 0 aliphatic carbocycles. The number of nitro groups is 1. The molecule has 0 unspecified atom stereocenters. The fraction of sp³-hybridized carbons (Fsp3) is 1.00. The van der Waals surface area contributed by atoms with Gasteiger partial charge in [-0.3, -0.25) is 0 Å². The van der Waals surface area contributed by atoms with Crippen molar-refractivity contribution in [1.29, 1.82) is 0 Å². The number of nitrogens with one attached hydrogen (secondary N) is 1. The van der Waals surface area contributed by atoms with Crippen LogP contribution < -0.4 is 5.53 Å². The lowest BCUT2D eigenvalue weighted by Crippen LogP contribution is -2.48. The van der Waals surface area contributed by atoms with E-state index in [-0.39, 0.29) is 0 Å². The zero-order valence-electron chi connectivity index (χ0n) is 5.45. The Balaban J connectivity index is 2.19. The first-order valence-corrected chi connectivity index (χ1v) is 3.02. The van der Waals surface area contributed by atoms with Crippen LogP contribution in [0.15, 0.2) is 0 Å². The Kier molecular flexibility index (Phi) is 2.41. The van der Waals surface area contributed by atoms with E-state index in [1.165, 1.54) is 5.01 Å².